The first-order valence-electron chi connectivity index (χ1n) is 6.53. The first kappa shape index (κ1) is 16.6. The lowest BCUT2D eigenvalue weighted by Crippen LogP contribution is -2.47. The molecule has 0 aromatic carbocycles. The van der Waals surface area contributed by atoms with E-state index in [4.69, 9.17) is 5.11 Å². The van der Waals surface area contributed by atoms with Crippen molar-refractivity contribution in [1.82, 2.24) is 15.2 Å². The zero-order valence-corrected chi connectivity index (χ0v) is 12.3. The van der Waals surface area contributed by atoms with E-state index >= 15 is 0 Å². The number of carboxylic acids is 1. The van der Waals surface area contributed by atoms with Crippen LogP contribution in [0.25, 0.3) is 0 Å². The van der Waals surface area contributed by atoms with Crippen molar-refractivity contribution in [1.29, 1.82) is 0 Å². The molecule has 0 aliphatic heterocycles. The van der Waals surface area contributed by atoms with E-state index in [2.05, 4.69) is 10.3 Å². The number of hydrogen-bond donors (Lipinski definition) is 2. The Morgan fingerprint density at radius 1 is 1.43 bits per heavy atom. The van der Waals surface area contributed by atoms with E-state index < -0.39 is 17.9 Å². The number of nitrogens with one attached hydrogen (secondary N) is 1. The third kappa shape index (κ3) is 4.55. The fourth-order valence-electron chi connectivity index (χ4n) is 1.80. The quantitative estimate of drug-likeness (QED) is 0.793. The van der Waals surface area contributed by atoms with Crippen molar-refractivity contribution in [3.63, 3.8) is 0 Å². The Morgan fingerprint density at radius 3 is 2.62 bits per heavy atom. The summed E-state index contributed by atoms with van der Waals surface area (Å²) in [6.45, 7) is 4.85. The summed E-state index contributed by atoms with van der Waals surface area (Å²) in [5.74, 6) is -1.75. The summed E-state index contributed by atoms with van der Waals surface area (Å²) in [5.41, 5.74) is 1.07. The molecular weight excluding hydrogens is 274 g/mol. The van der Waals surface area contributed by atoms with Gasteiger partial charge in [-0.1, -0.05) is 0 Å². The van der Waals surface area contributed by atoms with Crippen molar-refractivity contribution in [3.05, 3.63) is 29.6 Å². The van der Waals surface area contributed by atoms with Gasteiger partial charge >= 0.3 is 5.97 Å². The predicted molar refractivity (Wildman–Crippen MR) is 75.8 cm³/mol. The van der Waals surface area contributed by atoms with Gasteiger partial charge in [0.15, 0.2) is 0 Å². The number of amides is 2. The van der Waals surface area contributed by atoms with Crippen molar-refractivity contribution in [2.75, 3.05) is 13.1 Å². The molecule has 0 radical (unpaired) electrons. The molecule has 1 aromatic heterocycles. The first-order valence-corrected chi connectivity index (χ1v) is 6.53. The van der Waals surface area contributed by atoms with Crippen molar-refractivity contribution >= 4 is 17.8 Å². The molecule has 1 unspecified atom stereocenters. The molecule has 1 rings (SSSR count). The van der Waals surface area contributed by atoms with Gasteiger partial charge in [-0.25, -0.2) is 4.79 Å². The van der Waals surface area contributed by atoms with Crippen molar-refractivity contribution in [2.45, 2.75) is 26.8 Å². The maximum Gasteiger partial charge on any atom is 0.326 e. The minimum Gasteiger partial charge on any atom is -0.480 e. The second-order valence-corrected chi connectivity index (χ2v) is 4.69. The van der Waals surface area contributed by atoms with E-state index in [1.54, 1.807) is 19.2 Å². The number of aromatic nitrogens is 1. The summed E-state index contributed by atoms with van der Waals surface area (Å²) in [7, 11) is 0. The molecule has 2 amide bonds. The number of nitrogens with zero attached hydrogens (tertiary/aromatic N) is 2. The second-order valence-electron chi connectivity index (χ2n) is 4.69. The Morgan fingerprint density at radius 2 is 2.10 bits per heavy atom. The van der Waals surface area contributed by atoms with Crippen LogP contribution < -0.4 is 5.32 Å². The Labute approximate surface area is 123 Å². The first-order chi connectivity index (χ1) is 9.84. The number of aryl methyl sites for hydroxylation is 1. The predicted octanol–water partition coefficient (Wildman–Crippen LogP) is 0.441. The van der Waals surface area contributed by atoms with Crippen LogP contribution >= 0.6 is 0 Å². The van der Waals surface area contributed by atoms with Gasteiger partial charge in [0.1, 0.15) is 6.04 Å². The Kier molecular flexibility index (Phi) is 5.83. The maximum atomic E-state index is 12.5. The van der Waals surface area contributed by atoms with E-state index in [1.165, 1.54) is 24.9 Å². The van der Waals surface area contributed by atoms with Gasteiger partial charge in [0.05, 0.1) is 5.56 Å². The molecule has 0 aliphatic carbocycles. The SMILES string of the molecule is CC(=O)NCCN(C(=O)c1cnccc1C)C(C)C(=O)O. The second kappa shape index (κ2) is 7.37. The smallest absolute Gasteiger partial charge is 0.326 e. The van der Waals surface area contributed by atoms with E-state index in [0.717, 1.165) is 5.56 Å². The van der Waals surface area contributed by atoms with Crippen molar-refractivity contribution < 1.29 is 19.5 Å². The van der Waals surface area contributed by atoms with Gasteiger partial charge in [-0.3, -0.25) is 14.6 Å². The third-order valence-corrected chi connectivity index (χ3v) is 3.08. The fourth-order valence-corrected chi connectivity index (χ4v) is 1.80. The summed E-state index contributed by atoms with van der Waals surface area (Å²) in [6.07, 6.45) is 2.98. The third-order valence-electron chi connectivity index (χ3n) is 3.08. The molecule has 0 saturated carbocycles. The van der Waals surface area contributed by atoms with Gasteiger partial charge in [-0.15, -0.1) is 0 Å². The lowest BCUT2D eigenvalue weighted by Gasteiger charge is -2.27. The van der Waals surface area contributed by atoms with Gasteiger partial charge in [0.25, 0.3) is 5.91 Å². The van der Waals surface area contributed by atoms with Gasteiger partial charge in [-0.2, -0.15) is 0 Å². The normalized spacial score (nSPS) is 11.6. The molecule has 0 saturated heterocycles. The van der Waals surface area contributed by atoms with Crippen LogP contribution in [0, 0.1) is 6.92 Å². The Bertz CT molecular complexity index is 545. The van der Waals surface area contributed by atoms with Gasteiger partial charge in [-0.05, 0) is 25.5 Å². The number of carbonyl (C=O) groups is 3. The monoisotopic (exact) mass is 293 g/mol. The standard InChI is InChI=1S/C14H19N3O4/c1-9-4-5-15-8-12(9)13(19)17(10(2)14(20)21)7-6-16-11(3)18/h4-5,8,10H,6-7H2,1-3H3,(H,16,18)(H,20,21). The van der Waals surface area contributed by atoms with Crippen molar-refractivity contribution in [2.24, 2.45) is 0 Å². The Hall–Kier alpha value is -2.44. The van der Waals surface area contributed by atoms with Gasteiger partial charge in [0, 0.05) is 32.4 Å². The molecule has 21 heavy (non-hydrogen) atoms. The summed E-state index contributed by atoms with van der Waals surface area (Å²) in [4.78, 5) is 39.6. The van der Waals surface area contributed by atoms with E-state index in [0.29, 0.717) is 5.56 Å². The Balaban J connectivity index is 2.95. The minimum atomic E-state index is -1.10. The maximum absolute atomic E-state index is 12.5. The number of aliphatic carboxylic acids is 1. The topological polar surface area (TPSA) is 99.6 Å². The number of carboxylic acid groups (broad SMARTS) is 1. The fraction of sp³-hybridized carbons (Fsp3) is 0.429. The highest BCUT2D eigenvalue weighted by molar-refractivity contribution is 5.97. The summed E-state index contributed by atoms with van der Waals surface area (Å²) < 4.78 is 0. The van der Waals surface area contributed by atoms with Crippen LogP contribution in [0.15, 0.2) is 18.5 Å². The minimum absolute atomic E-state index is 0.111. The molecule has 0 bridgehead atoms. The molecule has 0 fully saturated rings. The molecule has 1 heterocycles. The molecule has 2 N–H and O–H groups in total. The molecule has 114 valence electrons. The average Bonchev–Trinajstić information content (AvgIpc) is 2.42. The largest absolute Gasteiger partial charge is 0.480 e. The lowest BCUT2D eigenvalue weighted by atomic mass is 10.1. The van der Waals surface area contributed by atoms with Crippen LogP contribution in [0.1, 0.15) is 29.8 Å². The van der Waals surface area contributed by atoms with E-state index in [9.17, 15) is 14.4 Å². The number of carbonyl (C=O) groups excluding carboxylic acids is 2. The summed E-state index contributed by atoms with van der Waals surface area (Å²) in [6, 6.07) is 0.691. The molecular formula is C14H19N3O4. The highest BCUT2D eigenvalue weighted by atomic mass is 16.4. The molecule has 7 nitrogen and oxygen atoms in total. The molecule has 1 atom stereocenters. The number of pyridine rings is 1. The lowest BCUT2D eigenvalue weighted by molar-refractivity contribution is -0.141. The molecule has 0 spiro atoms. The van der Waals surface area contributed by atoms with Crippen LogP contribution in [-0.4, -0.2) is 51.9 Å². The molecule has 0 aliphatic rings. The van der Waals surface area contributed by atoms with Crippen LogP contribution in [0.3, 0.4) is 0 Å². The van der Waals surface area contributed by atoms with E-state index in [1.807, 2.05) is 0 Å². The van der Waals surface area contributed by atoms with Crippen LogP contribution in [0.5, 0.6) is 0 Å². The highest BCUT2D eigenvalue weighted by Crippen LogP contribution is 2.11. The van der Waals surface area contributed by atoms with Gasteiger partial charge < -0.3 is 15.3 Å². The number of rotatable bonds is 6. The zero-order chi connectivity index (χ0) is 16.0. The molecule has 7 heteroatoms. The average molecular weight is 293 g/mol. The van der Waals surface area contributed by atoms with Crippen LogP contribution in [-0.2, 0) is 9.59 Å². The van der Waals surface area contributed by atoms with E-state index in [-0.39, 0.29) is 19.0 Å². The van der Waals surface area contributed by atoms with Gasteiger partial charge in [0.2, 0.25) is 5.91 Å². The van der Waals surface area contributed by atoms with Crippen molar-refractivity contribution in [3.8, 4) is 0 Å². The zero-order valence-electron chi connectivity index (χ0n) is 12.3. The summed E-state index contributed by atoms with van der Waals surface area (Å²) in [5, 5.41) is 11.7. The van der Waals surface area contributed by atoms with Crippen LogP contribution in [0.4, 0.5) is 0 Å². The number of hydrogen-bond acceptors (Lipinski definition) is 4. The molecule has 1 aromatic rings. The van der Waals surface area contributed by atoms with Crippen LogP contribution in [0.2, 0.25) is 0 Å². The summed E-state index contributed by atoms with van der Waals surface area (Å²) >= 11 is 0. The highest BCUT2D eigenvalue weighted by Gasteiger charge is 2.27.